The van der Waals surface area contributed by atoms with E-state index < -0.39 is 21.8 Å². The van der Waals surface area contributed by atoms with Crippen LogP contribution in [0.1, 0.15) is 39.2 Å². The standard InChI is InChI=1S/C22H33NO6S/c1-16(2)5-7-19(24)17(3)10-13-29-21-8-6-18(15-20(21)25)9-12-23-22(26)11-14-30(4,27)28/h5-6,8,11,14-15,17,19,24-25H,7,9-10,12-13H2,1-4H3,(H,23,26)/t17-,19-/m1/s1. The van der Waals surface area contributed by atoms with Crippen molar-refractivity contribution in [3.8, 4) is 11.5 Å². The van der Waals surface area contributed by atoms with Crippen LogP contribution in [0.5, 0.6) is 11.5 Å². The molecule has 168 valence electrons. The zero-order valence-corrected chi connectivity index (χ0v) is 18.9. The van der Waals surface area contributed by atoms with E-state index in [-0.39, 0.29) is 11.7 Å². The number of rotatable bonds is 12. The van der Waals surface area contributed by atoms with Crippen molar-refractivity contribution in [2.75, 3.05) is 19.4 Å². The quantitative estimate of drug-likeness (QED) is 0.341. The van der Waals surface area contributed by atoms with Crippen LogP contribution < -0.4 is 10.1 Å². The van der Waals surface area contributed by atoms with Crippen LogP contribution in [-0.4, -0.2) is 50.0 Å². The number of carbonyl (C=O) groups is 1. The number of amides is 1. The smallest absolute Gasteiger partial charge is 0.244 e. The summed E-state index contributed by atoms with van der Waals surface area (Å²) in [5, 5.41) is 23.7. The van der Waals surface area contributed by atoms with Gasteiger partial charge in [0.2, 0.25) is 5.91 Å². The summed E-state index contributed by atoms with van der Waals surface area (Å²) in [7, 11) is -3.34. The van der Waals surface area contributed by atoms with Gasteiger partial charge in [0.05, 0.1) is 12.7 Å². The lowest BCUT2D eigenvalue weighted by atomic mass is 9.98. The molecule has 1 amide bonds. The fourth-order valence-electron chi connectivity index (χ4n) is 2.55. The predicted molar refractivity (Wildman–Crippen MR) is 118 cm³/mol. The first kappa shape index (κ1) is 25.7. The number of nitrogens with one attached hydrogen (secondary N) is 1. The summed E-state index contributed by atoms with van der Waals surface area (Å²) in [5.74, 6) is -0.0498. The number of benzene rings is 1. The zero-order chi connectivity index (χ0) is 22.7. The van der Waals surface area contributed by atoms with Gasteiger partial charge in [0.25, 0.3) is 0 Å². The molecule has 0 heterocycles. The molecule has 0 aliphatic heterocycles. The summed E-state index contributed by atoms with van der Waals surface area (Å²) in [5.41, 5.74) is 1.98. The number of ether oxygens (including phenoxy) is 1. The molecular formula is C22H33NO6S. The fourth-order valence-corrected chi connectivity index (χ4v) is 2.92. The van der Waals surface area contributed by atoms with Crippen molar-refractivity contribution < 1.29 is 28.2 Å². The van der Waals surface area contributed by atoms with E-state index in [1.165, 1.54) is 5.57 Å². The second-order valence-electron chi connectivity index (χ2n) is 7.67. The first-order valence-corrected chi connectivity index (χ1v) is 11.9. The third kappa shape index (κ3) is 11.0. The summed E-state index contributed by atoms with van der Waals surface area (Å²) in [6.07, 6.45) is 5.31. The number of hydrogen-bond donors (Lipinski definition) is 3. The maximum Gasteiger partial charge on any atom is 0.244 e. The van der Waals surface area contributed by atoms with Crippen LogP contribution in [0, 0.1) is 5.92 Å². The lowest BCUT2D eigenvalue weighted by Crippen LogP contribution is -2.23. The van der Waals surface area contributed by atoms with E-state index in [1.807, 2.05) is 26.8 Å². The topological polar surface area (TPSA) is 113 Å². The minimum absolute atomic E-state index is 0.00791. The Morgan fingerprint density at radius 1 is 1.30 bits per heavy atom. The van der Waals surface area contributed by atoms with Crippen molar-refractivity contribution in [1.29, 1.82) is 0 Å². The molecule has 0 radical (unpaired) electrons. The largest absolute Gasteiger partial charge is 0.504 e. The fraction of sp³-hybridized carbons (Fsp3) is 0.500. The maximum absolute atomic E-state index is 11.5. The summed E-state index contributed by atoms with van der Waals surface area (Å²) in [6.45, 7) is 6.64. The monoisotopic (exact) mass is 439 g/mol. The van der Waals surface area contributed by atoms with Gasteiger partial charge in [-0.3, -0.25) is 4.79 Å². The second kappa shape index (κ2) is 12.4. The van der Waals surface area contributed by atoms with Crippen molar-refractivity contribution in [2.45, 2.75) is 46.1 Å². The van der Waals surface area contributed by atoms with Crippen molar-refractivity contribution in [3.63, 3.8) is 0 Å². The molecule has 0 aliphatic rings. The van der Waals surface area contributed by atoms with Gasteiger partial charge in [-0.25, -0.2) is 8.42 Å². The van der Waals surface area contributed by atoms with E-state index in [1.54, 1.807) is 18.2 Å². The highest BCUT2D eigenvalue weighted by molar-refractivity contribution is 7.93. The molecule has 0 aliphatic carbocycles. The summed E-state index contributed by atoms with van der Waals surface area (Å²) < 4.78 is 27.6. The summed E-state index contributed by atoms with van der Waals surface area (Å²) in [4.78, 5) is 11.5. The van der Waals surface area contributed by atoms with Gasteiger partial charge in [-0.05, 0) is 56.7 Å². The van der Waals surface area contributed by atoms with Gasteiger partial charge >= 0.3 is 0 Å². The summed E-state index contributed by atoms with van der Waals surface area (Å²) in [6, 6.07) is 5.03. The van der Waals surface area contributed by atoms with Crippen LogP contribution in [0.15, 0.2) is 41.3 Å². The molecular weight excluding hydrogens is 406 g/mol. The van der Waals surface area contributed by atoms with E-state index in [9.17, 15) is 23.4 Å². The molecule has 0 saturated heterocycles. The van der Waals surface area contributed by atoms with Crippen molar-refractivity contribution >= 4 is 15.7 Å². The number of phenolic OH excluding ortho intramolecular Hbond substituents is 1. The molecule has 1 aromatic carbocycles. The Balaban J connectivity index is 2.44. The number of allylic oxidation sites excluding steroid dienone is 1. The first-order chi connectivity index (χ1) is 14.0. The highest BCUT2D eigenvalue weighted by Gasteiger charge is 2.13. The van der Waals surface area contributed by atoms with Gasteiger partial charge in [-0.2, -0.15) is 0 Å². The lowest BCUT2D eigenvalue weighted by molar-refractivity contribution is -0.116. The Morgan fingerprint density at radius 3 is 2.60 bits per heavy atom. The molecule has 1 aromatic rings. The molecule has 7 nitrogen and oxygen atoms in total. The Bertz CT molecular complexity index is 856. The number of aliphatic hydroxyl groups excluding tert-OH is 1. The molecule has 0 unspecified atom stereocenters. The predicted octanol–water partition coefficient (Wildman–Crippen LogP) is 2.73. The minimum Gasteiger partial charge on any atom is -0.504 e. The molecule has 0 saturated carbocycles. The molecule has 8 heteroatoms. The Kier molecular flexibility index (Phi) is 10.6. The third-order valence-electron chi connectivity index (χ3n) is 4.46. The Labute approximate surface area is 179 Å². The molecule has 0 fully saturated rings. The number of phenols is 1. The zero-order valence-electron chi connectivity index (χ0n) is 18.1. The molecule has 30 heavy (non-hydrogen) atoms. The van der Waals surface area contributed by atoms with Crippen LogP contribution in [-0.2, 0) is 21.1 Å². The molecule has 1 rings (SSSR count). The SMILES string of the molecule is CC(C)=CC[C@@H](O)[C@H](C)CCOc1ccc(CCNC(=O)C=CS(C)(=O)=O)cc1O. The highest BCUT2D eigenvalue weighted by atomic mass is 32.2. The van der Waals surface area contributed by atoms with Crippen LogP contribution in [0.2, 0.25) is 0 Å². The number of aromatic hydroxyl groups is 1. The van der Waals surface area contributed by atoms with Crippen molar-refractivity contribution in [1.82, 2.24) is 5.32 Å². The normalized spacial score (nSPS) is 13.6. The molecule has 0 aromatic heterocycles. The third-order valence-corrected chi connectivity index (χ3v) is 5.09. The van der Waals surface area contributed by atoms with Crippen LogP contribution in [0.25, 0.3) is 0 Å². The summed E-state index contributed by atoms with van der Waals surface area (Å²) >= 11 is 0. The molecule has 0 spiro atoms. The molecule has 2 atom stereocenters. The number of carbonyl (C=O) groups excluding carboxylic acids is 1. The number of hydrogen-bond acceptors (Lipinski definition) is 6. The number of sulfone groups is 1. The molecule has 0 bridgehead atoms. The highest BCUT2D eigenvalue weighted by Crippen LogP contribution is 2.27. The van der Waals surface area contributed by atoms with Gasteiger partial charge in [0.15, 0.2) is 21.3 Å². The molecule has 3 N–H and O–H groups in total. The van der Waals surface area contributed by atoms with Gasteiger partial charge in [0.1, 0.15) is 0 Å². The average Bonchev–Trinajstić information content (AvgIpc) is 2.65. The van der Waals surface area contributed by atoms with Gasteiger partial charge < -0.3 is 20.3 Å². The lowest BCUT2D eigenvalue weighted by Gasteiger charge is -2.18. The second-order valence-corrected chi connectivity index (χ2v) is 9.61. The van der Waals surface area contributed by atoms with E-state index >= 15 is 0 Å². The average molecular weight is 440 g/mol. The number of aliphatic hydroxyl groups is 1. The van der Waals surface area contributed by atoms with Crippen LogP contribution in [0.3, 0.4) is 0 Å². The van der Waals surface area contributed by atoms with E-state index in [0.29, 0.717) is 38.2 Å². The Hall–Kier alpha value is -2.32. The van der Waals surface area contributed by atoms with Gasteiger partial charge in [-0.1, -0.05) is 24.6 Å². The Morgan fingerprint density at radius 2 is 2.00 bits per heavy atom. The van der Waals surface area contributed by atoms with E-state index in [2.05, 4.69) is 5.32 Å². The van der Waals surface area contributed by atoms with Gasteiger partial charge in [0, 0.05) is 24.3 Å². The van der Waals surface area contributed by atoms with Crippen molar-refractivity contribution in [3.05, 3.63) is 46.9 Å². The van der Waals surface area contributed by atoms with E-state index in [0.717, 1.165) is 23.3 Å². The first-order valence-electron chi connectivity index (χ1n) is 9.90. The van der Waals surface area contributed by atoms with Crippen LogP contribution in [0.4, 0.5) is 0 Å². The maximum atomic E-state index is 11.5. The van der Waals surface area contributed by atoms with Gasteiger partial charge in [-0.15, -0.1) is 0 Å². The van der Waals surface area contributed by atoms with E-state index in [4.69, 9.17) is 4.74 Å². The van der Waals surface area contributed by atoms with Crippen LogP contribution >= 0.6 is 0 Å². The minimum atomic E-state index is -3.34. The van der Waals surface area contributed by atoms with Crippen molar-refractivity contribution in [2.24, 2.45) is 5.92 Å².